The van der Waals surface area contributed by atoms with Crippen LogP contribution in [0.2, 0.25) is 0 Å². The number of nitrogens with one attached hydrogen (secondary N) is 1. The minimum Gasteiger partial charge on any atom is -0.497 e. The number of methoxy groups -OCH3 is 1. The molecule has 0 atom stereocenters. The Morgan fingerprint density at radius 3 is 2.62 bits per heavy atom. The van der Waals surface area contributed by atoms with E-state index in [1.807, 2.05) is 73.1 Å². The van der Waals surface area contributed by atoms with Crippen molar-refractivity contribution in [1.29, 1.82) is 0 Å². The average Bonchev–Trinajstić information content (AvgIpc) is 3.49. The molecule has 2 aromatic carbocycles. The normalized spacial score (nSPS) is 11.1. The molecule has 0 saturated heterocycles. The highest BCUT2D eigenvalue weighted by atomic mass is 16.5. The summed E-state index contributed by atoms with van der Waals surface area (Å²) in [6.07, 6.45) is 7.39. The fraction of sp³-hybridized carbons (Fsp3) is 0.231. The van der Waals surface area contributed by atoms with Gasteiger partial charge in [-0.05, 0) is 30.3 Å². The van der Waals surface area contributed by atoms with Crippen LogP contribution >= 0.6 is 0 Å². The topological polar surface area (TPSA) is 107 Å². The Bertz CT molecular complexity index is 1590. The molecule has 0 aliphatic heterocycles. The van der Waals surface area contributed by atoms with Gasteiger partial charge in [-0.2, -0.15) is 5.10 Å². The van der Waals surface area contributed by atoms with Crippen LogP contribution in [0, 0.1) is 6.92 Å². The molecule has 0 radical (unpaired) electrons. The van der Waals surface area contributed by atoms with E-state index in [0.29, 0.717) is 18.0 Å². The number of aromatic nitrogens is 7. The number of benzene rings is 2. The highest BCUT2D eigenvalue weighted by Crippen LogP contribution is 2.32. The van der Waals surface area contributed by atoms with Gasteiger partial charge in [0.2, 0.25) is 0 Å². The van der Waals surface area contributed by atoms with Gasteiger partial charge in [0.15, 0.2) is 18.6 Å². The standard InChI is InChI=1S/C26H27N9O2/c1-17-14-34(31-33(17)4)16-35(21-8-18(26(36)27-2)9-22(10-21)37-5)20-6-7-23-24(11-20)30-25(13-28-23)19-12-29-32(3)15-19/h6-15H,16H2,1-5H3/p+1. The average molecular weight is 499 g/mol. The van der Waals surface area contributed by atoms with Gasteiger partial charge in [-0.25, -0.2) is 4.98 Å². The minimum atomic E-state index is -0.202. The number of carbonyl (C=O) groups excluding carboxylic acids is 1. The smallest absolute Gasteiger partial charge is 0.251 e. The zero-order chi connectivity index (χ0) is 26.1. The Kier molecular flexibility index (Phi) is 6.26. The first kappa shape index (κ1) is 23.9. The van der Waals surface area contributed by atoms with E-state index in [4.69, 9.17) is 9.72 Å². The maximum atomic E-state index is 12.5. The van der Waals surface area contributed by atoms with Crippen molar-refractivity contribution in [3.63, 3.8) is 0 Å². The van der Waals surface area contributed by atoms with Crippen LogP contribution in [0.1, 0.15) is 16.1 Å². The summed E-state index contributed by atoms with van der Waals surface area (Å²) in [5.41, 5.74) is 6.27. The van der Waals surface area contributed by atoms with Crippen molar-refractivity contribution in [3.05, 3.63) is 72.4 Å². The number of hydrogen-bond donors (Lipinski definition) is 1. The van der Waals surface area contributed by atoms with E-state index in [2.05, 4.69) is 25.5 Å². The van der Waals surface area contributed by atoms with E-state index >= 15 is 0 Å². The summed E-state index contributed by atoms with van der Waals surface area (Å²) >= 11 is 0. The second-order valence-electron chi connectivity index (χ2n) is 8.72. The van der Waals surface area contributed by atoms with Gasteiger partial charge in [0.05, 0.1) is 41.4 Å². The third-order valence-electron chi connectivity index (χ3n) is 6.15. The zero-order valence-corrected chi connectivity index (χ0v) is 21.4. The first-order chi connectivity index (χ1) is 17.8. The number of aryl methyl sites for hydroxylation is 3. The molecule has 37 heavy (non-hydrogen) atoms. The lowest BCUT2D eigenvalue weighted by Crippen LogP contribution is -2.44. The van der Waals surface area contributed by atoms with Crippen molar-refractivity contribution >= 4 is 28.3 Å². The molecule has 1 N–H and O–H groups in total. The number of hydrogen-bond acceptors (Lipinski definition) is 7. The fourth-order valence-electron chi connectivity index (χ4n) is 4.09. The second-order valence-corrected chi connectivity index (χ2v) is 8.72. The maximum Gasteiger partial charge on any atom is 0.251 e. The van der Waals surface area contributed by atoms with Crippen LogP contribution in [0.5, 0.6) is 5.75 Å². The monoisotopic (exact) mass is 498 g/mol. The van der Waals surface area contributed by atoms with E-state index < -0.39 is 0 Å². The molecule has 1 amide bonds. The fourth-order valence-corrected chi connectivity index (χ4v) is 4.09. The van der Waals surface area contributed by atoms with Crippen LogP contribution in [0.25, 0.3) is 22.3 Å². The molecule has 3 aromatic heterocycles. The van der Waals surface area contributed by atoms with Crippen LogP contribution in [-0.2, 0) is 20.8 Å². The van der Waals surface area contributed by atoms with Crippen LogP contribution in [0.15, 0.2) is 61.2 Å². The zero-order valence-electron chi connectivity index (χ0n) is 21.4. The Morgan fingerprint density at radius 2 is 1.95 bits per heavy atom. The third kappa shape index (κ3) is 4.83. The molecule has 0 bridgehead atoms. The Balaban J connectivity index is 1.64. The number of ether oxygens (including phenoxy) is 1. The highest BCUT2D eigenvalue weighted by molar-refractivity contribution is 5.96. The van der Waals surface area contributed by atoms with Gasteiger partial charge < -0.3 is 15.0 Å². The molecule has 188 valence electrons. The van der Waals surface area contributed by atoms with Gasteiger partial charge in [0.1, 0.15) is 12.8 Å². The van der Waals surface area contributed by atoms with E-state index in [9.17, 15) is 4.79 Å². The molecule has 5 rings (SSSR count). The van der Waals surface area contributed by atoms with Crippen molar-refractivity contribution in [3.8, 4) is 17.0 Å². The van der Waals surface area contributed by atoms with Crippen molar-refractivity contribution in [2.75, 3.05) is 19.1 Å². The van der Waals surface area contributed by atoms with Crippen molar-refractivity contribution in [2.45, 2.75) is 13.6 Å². The summed E-state index contributed by atoms with van der Waals surface area (Å²) in [5.74, 6) is 0.370. The van der Waals surface area contributed by atoms with Gasteiger partial charge in [-0.15, -0.1) is 9.36 Å². The Labute approximate surface area is 213 Å². The molecular weight excluding hydrogens is 470 g/mol. The summed E-state index contributed by atoms with van der Waals surface area (Å²) in [4.78, 5) is 24.0. The first-order valence-electron chi connectivity index (χ1n) is 11.7. The molecule has 0 spiro atoms. The molecule has 0 aliphatic rings. The molecule has 0 saturated carbocycles. The quantitative estimate of drug-likeness (QED) is 0.344. The largest absolute Gasteiger partial charge is 0.497 e. The van der Waals surface area contributed by atoms with Crippen LogP contribution in [-0.4, -0.2) is 49.7 Å². The first-order valence-corrected chi connectivity index (χ1v) is 11.7. The molecular formula is C26H28N9O2+. The van der Waals surface area contributed by atoms with E-state index in [1.165, 1.54) is 0 Å². The van der Waals surface area contributed by atoms with Gasteiger partial charge in [-0.1, -0.05) is 0 Å². The van der Waals surface area contributed by atoms with Crippen molar-refractivity contribution < 1.29 is 14.2 Å². The van der Waals surface area contributed by atoms with E-state index in [0.717, 1.165) is 39.4 Å². The van der Waals surface area contributed by atoms with Gasteiger partial charge >= 0.3 is 0 Å². The van der Waals surface area contributed by atoms with Crippen LogP contribution in [0.3, 0.4) is 0 Å². The number of anilines is 2. The van der Waals surface area contributed by atoms with Crippen LogP contribution in [0.4, 0.5) is 11.4 Å². The number of rotatable bonds is 7. The summed E-state index contributed by atoms with van der Waals surface area (Å²) in [5, 5.41) is 11.5. The molecule has 0 aliphatic carbocycles. The number of fused-ring (bicyclic) bond motifs is 1. The lowest BCUT2D eigenvalue weighted by Gasteiger charge is -2.24. The van der Waals surface area contributed by atoms with Crippen LogP contribution < -0.4 is 19.6 Å². The predicted octanol–water partition coefficient (Wildman–Crippen LogP) is 2.52. The number of amides is 1. The lowest BCUT2D eigenvalue weighted by atomic mass is 10.1. The molecule has 11 heteroatoms. The molecule has 3 heterocycles. The Morgan fingerprint density at radius 1 is 1.11 bits per heavy atom. The summed E-state index contributed by atoms with van der Waals surface area (Å²) in [6.45, 7) is 2.39. The maximum absolute atomic E-state index is 12.5. The SMILES string of the molecule is CNC(=O)c1cc(OC)cc(N(C[n+]2cc(C)n(C)n2)c2ccc3ncc(-c4cnn(C)c4)nc3c2)c1. The lowest BCUT2D eigenvalue weighted by molar-refractivity contribution is -0.753. The summed E-state index contributed by atoms with van der Waals surface area (Å²) in [7, 11) is 6.95. The molecule has 11 nitrogen and oxygen atoms in total. The molecule has 0 unspecified atom stereocenters. The number of carbonyl (C=O) groups is 1. The summed E-state index contributed by atoms with van der Waals surface area (Å²) in [6, 6.07) is 11.3. The van der Waals surface area contributed by atoms with E-state index in [-0.39, 0.29) is 5.91 Å². The highest BCUT2D eigenvalue weighted by Gasteiger charge is 2.20. The summed E-state index contributed by atoms with van der Waals surface area (Å²) < 4.78 is 10.9. The molecule has 0 fully saturated rings. The third-order valence-corrected chi connectivity index (χ3v) is 6.15. The second kappa shape index (κ2) is 9.69. The van der Waals surface area contributed by atoms with Crippen molar-refractivity contribution in [2.24, 2.45) is 14.1 Å². The molecule has 5 aromatic rings. The van der Waals surface area contributed by atoms with E-state index in [1.54, 1.807) is 37.3 Å². The van der Waals surface area contributed by atoms with Gasteiger partial charge in [0, 0.05) is 55.8 Å². The number of nitrogens with zero attached hydrogens (tertiary/aromatic N) is 8. The van der Waals surface area contributed by atoms with Gasteiger partial charge in [-0.3, -0.25) is 14.5 Å². The van der Waals surface area contributed by atoms with Crippen molar-refractivity contribution in [1.82, 2.24) is 35.0 Å². The predicted molar refractivity (Wildman–Crippen MR) is 138 cm³/mol. The van der Waals surface area contributed by atoms with Gasteiger partial charge in [0.25, 0.3) is 5.91 Å². The minimum absolute atomic E-state index is 0.202. The Hall–Kier alpha value is -4.80.